The Labute approximate surface area is 212 Å². The average Bonchev–Trinajstić information content (AvgIpc) is 2.83. The van der Waals surface area contributed by atoms with Gasteiger partial charge in [0.1, 0.15) is 24.2 Å². The summed E-state index contributed by atoms with van der Waals surface area (Å²) in [5.74, 6) is -4.78. The zero-order chi connectivity index (χ0) is 28.3. The molecule has 0 bridgehead atoms. The second-order valence-electron chi connectivity index (χ2n) is 9.07. The van der Waals surface area contributed by atoms with Gasteiger partial charge < -0.3 is 31.3 Å². The molecule has 0 aromatic rings. The topological polar surface area (TPSA) is 182 Å². The number of nitrogens with one attached hydrogen (secondary N) is 2. The van der Waals surface area contributed by atoms with Crippen LogP contribution in [0.4, 0.5) is 0 Å². The Morgan fingerprint density at radius 1 is 0.833 bits per heavy atom. The summed E-state index contributed by atoms with van der Waals surface area (Å²) in [6.07, 6.45) is 0.148. The molecule has 0 saturated heterocycles. The molecule has 0 rings (SSSR count). The van der Waals surface area contributed by atoms with Crippen LogP contribution in [0.5, 0.6) is 0 Å². The molecular formula is C23H42N6O7. The molecule has 206 valence electrons. The monoisotopic (exact) mass is 514 g/mol. The molecule has 5 N–H and O–H groups in total. The zero-order valence-electron chi connectivity index (χ0n) is 22.5. The van der Waals surface area contributed by atoms with Gasteiger partial charge in [0, 0.05) is 20.5 Å². The van der Waals surface area contributed by atoms with Crippen molar-refractivity contribution in [3.8, 4) is 0 Å². The van der Waals surface area contributed by atoms with Gasteiger partial charge in [0.25, 0.3) is 5.91 Å². The molecule has 4 atom stereocenters. The molecule has 0 fully saturated rings. The number of hydrogen-bond donors (Lipinski definition) is 4. The molecule has 0 aliphatic heterocycles. The maximum absolute atomic E-state index is 13.3. The highest BCUT2D eigenvalue weighted by Crippen LogP contribution is 2.14. The van der Waals surface area contributed by atoms with Crippen molar-refractivity contribution in [1.29, 1.82) is 0 Å². The number of rotatable bonds is 14. The van der Waals surface area contributed by atoms with Gasteiger partial charge in [-0.25, -0.2) is 4.79 Å². The number of nitrogens with two attached hydrogens (primary N) is 1. The van der Waals surface area contributed by atoms with Crippen LogP contribution < -0.4 is 16.4 Å². The number of carboxylic acid groups (broad SMARTS) is 1. The molecule has 0 saturated carbocycles. The van der Waals surface area contributed by atoms with E-state index in [0.717, 1.165) is 4.90 Å². The van der Waals surface area contributed by atoms with E-state index in [-0.39, 0.29) is 37.8 Å². The summed E-state index contributed by atoms with van der Waals surface area (Å²) in [5, 5.41) is 14.8. The summed E-state index contributed by atoms with van der Waals surface area (Å²) in [7, 11) is 4.42. The van der Waals surface area contributed by atoms with Crippen LogP contribution in [0.25, 0.3) is 0 Å². The van der Waals surface area contributed by atoms with E-state index in [9.17, 15) is 33.9 Å². The van der Waals surface area contributed by atoms with Gasteiger partial charge >= 0.3 is 5.97 Å². The smallest absolute Gasteiger partial charge is 0.326 e. The first kappa shape index (κ1) is 32.9. The normalized spacial score (nSPS) is 14.3. The van der Waals surface area contributed by atoms with E-state index < -0.39 is 53.8 Å². The third kappa shape index (κ3) is 8.86. The van der Waals surface area contributed by atoms with Crippen LogP contribution in [-0.2, 0) is 28.8 Å². The fourth-order valence-corrected chi connectivity index (χ4v) is 3.25. The summed E-state index contributed by atoms with van der Waals surface area (Å²) in [5.41, 5.74) is 5.43. The van der Waals surface area contributed by atoms with Crippen LogP contribution in [0, 0.1) is 5.92 Å². The van der Waals surface area contributed by atoms with Crippen LogP contribution in [-0.4, -0.2) is 114 Å². The molecule has 0 spiro atoms. The fraction of sp³-hybridized carbons (Fsp3) is 0.739. The van der Waals surface area contributed by atoms with E-state index in [0.29, 0.717) is 4.90 Å². The molecule has 0 heterocycles. The van der Waals surface area contributed by atoms with Crippen molar-refractivity contribution >= 4 is 35.5 Å². The molecule has 0 aromatic heterocycles. The fourth-order valence-electron chi connectivity index (χ4n) is 3.25. The Morgan fingerprint density at radius 2 is 1.39 bits per heavy atom. The number of carbonyl (C=O) groups is 6. The molecule has 0 radical (unpaired) electrons. The van der Waals surface area contributed by atoms with Crippen molar-refractivity contribution < 1.29 is 33.9 Å². The number of carbonyl (C=O) groups excluding carboxylic acids is 5. The van der Waals surface area contributed by atoms with Crippen molar-refractivity contribution in [3.63, 3.8) is 0 Å². The predicted octanol–water partition coefficient (Wildman–Crippen LogP) is -1.39. The van der Waals surface area contributed by atoms with Crippen molar-refractivity contribution in [3.05, 3.63) is 0 Å². The number of aliphatic carboxylic acids is 1. The van der Waals surface area contributed by atoms with Crippen LogP contribution in [0.3, 0.4) is 0 Å². The summed E-state index contributed by atoms with van der Waals surface area (Å²) >= 11 is 0. The first-order valence-electron chi connectivity index (χ1n) is 11.9. The first-order chi connectivity index (χ1) is 16.6. The van der Waals surface area contributed by atoms with E-state index in [2.05, 4.69) is 10.6 Å². The van der Waals surface area contributed by atoms with E-state index in [1.54, 1.807) is 20.9 Å². The van der Waals surface area contributed by atoms with Gasteiger partial charge in [-0.05, 0) is 46.7 Å². The SMILES string of the molecule is CNCC(=O)N(C)[C@@H](C)C(=O)N[C@H](C(=O)N(C)[C@@H](C)C(=O)N(C(=O)CCCN)[C@@H](C)C(=O)O)C(C)C. The number of nitrogens with zero attached hydrogens (tertiary/aromatic N) is 3. The lowest BCUT2D eigenvalue weighted by Crippen LogP contribution is -2.59. The third-order valence-corrected chi connectivity index (χ3v) is 6.04. The Balaban J connectivity index is 5.74. The Hall–Kier alpha value is -3.06. The van der Waals surface area contributed by atoms with Crippen LogP contribution in [0.2, 0.25) is 0 Å². The molecule has 0 unspecified atom stereocenters. The van der Waals surface area contributed by atoms with Gasteiger partial charge in [0.15, 0.2) is 0 Å². The van der Waals surface area contributed by atoms with E-state index in [1.165, 1.54) is 39.8 Å². The van der Waals surface area contributed by atoms with Crippen LogP contribution >= 0.6 is 0 Å². The van der Waals surface area contributed by atoms with Crippen LogP contribution in [0.15, 0.2) is 0 Å². The minimum atomic E-state index is -1.44. The lowest BCUT2D eigenvalue weighted by atomic mass is 10.0. The highest BCUT2D eigenvalue weighted by molar-refractivity contribution is 6.02. The lowest BCUT2D eigenvalue weighted by molar-refractivity contribution is -0.161. The number of carboxylic acids is 1. The second-order valence-corrected chi connectivity index (χ2v) is 9.07. The minimum Gasteiger partial charge on any atom is -0.480 e. The molecule has 13 nitrogen and oxygen atoms in total. The van der Waals surface area contributed by atoms with Gasteiger partial charge in [-0.15, -0.1) is 0 Å². The van der Waals surface area contributed by atoms with Gasteiger partial charge in [-0.3, -0.25) is 28.9 Å². The number of amides is 5. The molecule has 13 heteroatoms. The lowest BCUT2D eigenvalue weighted by Gasteiger charge is -2.34. The maximum Gasteiger partial charge on any atom is 0.326 e. The summed E-state index contributed by atoms with van der Waals surface area (Å²) < 4.78 is 0. The standard InChI is InChI=1S/C23H42N6O7/c1-13(2)19(26-20(32)14(3)27(7)18(31)12-25-6)22(34)28(8)15(4)21(33)29(16(5)23(35)36)17(30)10-9-11-24/h13-16,19,25H,9-12,24H2,1-8H3,(H,26,32)(H,35,36)/t14-,15-,16-,19-/m0/s1. The summed E-state index contributed by atoms with van der Waals surface area (Å²) in [4.78, 5) is 78.5. The van der Waals surface area contributed by atoms with Gasteiger partial charge in [0.05, 0.1) is 6.54 Å². The van der Waals surface area contributed by atoms with E-state index >= 15 is 0 Å². The van der Waals surface area contributed by atoms with Crippen LogP contribution in [0.1, 0.15) is 47.5 Å². The van der Waals surface area contributed by atoms with Crippen molar-refractivity contribution in [1.82, 2.24) is 25.3 Å². The van der Waals surface area contributed by atoms with Crippen molar-refractivity contribution in [2.45, 2.75) is 71.6 Å². The highest BCUT2D eigenvalue weighted by atomic mass is 16.4. The van der Waals surface area contributed by atoms with E-state index in [1.807, 2.05) is 0 Å². The zero-order valence-corrected chi connectivity index (χ0v) is 22.5. The number of imide groups is 1. The largest absolute Gasteiger partial charge is 0.480 e. The minimum absolute atomic E-state index is 0.0400. The molecular weight excluding hydrogens is 472 g/mol. The molecule has 0 aromatic carbocycles. The molecule has 5 amide bonds. The average molecular weight is 515 g/mol. The number of likely N-dealkylation sites (N-methyl/N-ethyl adjacent to an activating group) is 3. The molecule has 0 aliphatic carbocycles. The highest BCUT2D eigenvalue weighted by Gasteiger charge is 2.38. The summed E-state index contributed by atoms with van der Waals surface area (Å²) in [6, 6.07) is -4.54. The van der Waals surface area contributed by atoms with Gasteiger partial charge in [-0.1, -0.05) is 13.8 Å². The van der Waals surface area contributed by atoms with Gasteiger partial charge in [-0.2, -0.15) is 0 Å². The van der Waals surface area contributed by atoms with E-state index in [4.69, 9.17) is 5.73 Å². The molecule has 0 aliphatic rings. The predicted molar refractivity (Wildman–Crippen MR) is 132 cm³/mol. The van der Waals surface area contributed by atoms with Gasteiger partial charge in [0.2, 0.25) is 23.6 Å². The Kier molecular flexibility index (Phi) is 13.9. The first-order valence-corrected chi connectivity index (χ1v) is 11.9. The Bertz CT molecular complexity index is 819. The van der Waals surface area contributed by atoms with Crippen molar-refractivity contribution in [2.24, 2.45) is 11.7 Å². The quantitative estimate of drug-likeness (QED) is 0.217. The maximum atomic E-state index is 13.3. The summed E-state index contributed by atoms with van der Waals surface area (Å²) in [6.45, 7) is 7.76. The molecule has 36 heavy (non-hydrogen) atoms. The number of hydrogen-bond acceptors (Lipinski definition) is 8. The Morgan fingerprint density at radius 3 is 1.83 bits per heavy atom. The second kappa shape index (κ2) is 15.1. The third-order valence-electron chi connectivity index (χ3n) is 6.04. The van der Waals surface area contributed by atoms with Crippen molar-refractivity contribution in [2.75, 3.05) is 34.2 Å².